The van der Waals surface area contributed by atoms with Gasteiger partial charge in [0.2, 0.25) is 5.89 Å². The highest BCUT2D eigenvalue weighted by molar-refractivity contribution is 5.77. The number of rotatable bonds is 6. The standard InChI is InChI=1S/C28H28N2O3/c1-31-23-12-8-20(9-13-23)25-26(21-10-14-24(32-2)15-11-21)33-27(30-25)28(16-18-29-19-17-28)22-6-4-3-5-7-22/h3-15,29H,16-19H2,1-2H3. The topological polar surface area (TPSA) is 56.5 Å². The predicted molar refractivity (Wildman–Crippen MR) is 130 cm³/mol. The molecule has 168 valence electrons. The van der Waals surface area contributed by atoms with E-state index in [0.29, 0.717) is 0 Å². The number of benzene rings is 3. The molecule has 0 unspecified atom stereocenters. The molecular weight excluding hydrogens is 412 g/mol. The molecule has 5 rings (SSSR count). The molecule has 0 spiro atoms. The van der Waals surface area contributed by atoms with E-state index in [1.807, 2.05) is 48.5 Å². The molecule has 4 aromatic rings. The van der Waals surface area contributed by atoms with Crippen molar-refractivity contribution in [1.29, 1.82) is 0 Å². The summed E-state index contributed by atoms with van der Waals surface area (Å²) >= 11 is 0. The van der Waals surface area contributed by atoms with E-state index in [9.17, 15) is 0 Å². The second-order valence-corrected chi connectivity index (χ2v) is 8.35. The summed E-state index contributed by atoms with van der Waals surface area (Å²) in [5.41, 5.74) is 3.78. The van der Waals surface area contributed by atoms with Gasteiger partial charge in [-0.3, -0.25) is 0 Å². The molecule has 1 N–H and O–H groups in total. The van der Waals surface area contributed by atoms with Gasteiger partial charge in [0.25, 0.3) is 0 Å². The molecule has 1 aromatic heterocycles. The molecule has 1 saturated heterocycles. The van der Waals surface area contributed by atoms with Gasteiger partial charge in [0.1, 0.15) is 17.2 Å². The first-order valence-corrected chi connectivity index (χ1v) is 11.3. The number of hydrogen-bond donors (Lipinski definition) is 1. The van der Waals surface area contributed by atoms with Crippen LogP contribution in [-0.2, 0) is 5.41 Å². The van der Waals surface area contributed by atoms with Crippen molar-refractivity contribution < 1.29 is 13.9 Å². The van der Waals surface area contributed by atoms with E-state index in [1.165, 1.54) is 5.56 Å². The molecule has 5 heteroatoms. The van der Waals surface area contributed by atoms with Crippen LogP contribution >= 0.6 is 0 Å². The third-order valence-electron chi connectivity index (χ3n) is 6.54. The highest BCUT2D eigenvalue weighted by Crippen LogP contribution is 2.44. The van der Waals surface area contributed by atoms with Crippen molar-refractivity contribution in [2.24, 2.45) is 0 Å². The number of oxazole rings is 1. The molecule has 0 saturated carbocycles. The first-order valence-electron chi connectivity index (χ1n) is 11.3. The van der Waals surface area contributed by atoms with E-state index in [1.54, 1.807) is 14.2 Å². The van der Waals surface area contributed by atoms with Crippen molar-refractivity contribution in [2.45, 2.75) is 18.3 Å². The van der Waals surface area contributed by atoms with Gasteiger partial charge in [-0.15, -0.1) is 0 Å². The molecule has 0 radical (unpaired) electrons. The Kier molecular flexibility index (Phi) is 5.88. The summed E-state index contributed by atoms with van der Waals surface area (Å²) in [5, 5.41) is 3.49. The number of piperidine rings is 1. The molecule has 2 heterocycles. The highest BCUT2D eigenvalue weighted by atomic mass is 16.5. The lowest BCUT2D eigenvalue weighted by Crippen LogP contribution is -2.41. The van der Waals surface area contributed by atoms with Crippen LogP contribution in [0.15, 0.2) is 83.3 Å². The number of ether oxygens (including phenoxy) is 2. The zero-order valence-corrected chi connectivity index (χ0v) is 19.0. The molecular formula is C28H28N2O3. The Hall–Kier alpha value is -3.57. The van der Waals surface area contributed by atoms with Crippen molar-refractivity contribution in [3.8, 4) is 34.1 Å². The fraction of sp³-hybridized carbons (Fsp3) is 0.250. The average molecular weight is 441 g/mol. The maximum Gasteiger partial charge on any atom is 0.206 e. The Morgan fingerprint density at radius 1 is 0.758 bits per heavy atom. The monoisotopic (exact) mass is 440 g/mol. The minimum absolute atomic E-state index is 0.265. The maximum atomic E-state index is 6.67. The molecule has 0 atom stereocenters. The van der Waals surface area contributed by atoms with Gasteiger partial charge in [0.15, 0.2) is 5.76 Å². The summed E-state index contributed by atoms with van der Waals surface area (Å²) in [7, 11) is 3.35. The van der Waals surface area contributed by atoms with Gasteiger partial charge in [-0.1, -0.05) is 30.3 Å². The Morgan fingerprint density at radius 3 is 1.91 bits per heavy atom. The van der Waals surface area contributed by atoms with E-state index >= 15 is 0 Å². The number of methoxy groups -OCH3 is 2. The predicted octanol–water partition coefficient (Wildman–Crippen LogP) is 5.70. The molecule has 33 heavy (non-hydrogen) atoms. The second-order valence-electron chi connectivity index (χ2n) is 8.35. The molecule has 1 fully saturated rings. The van der Waals surface area contributed by atoms with Gasteiger partial charge < -0.3 is 19.2 Å². The molecule has 0 aliphatic carbocycles. The third kappa shape index (κ3) is 4.00. The number of hydrogen-bond acceptors (Lipinski definition) is 5. The number of nitrogens with zero attached hydrogens (tertiary/aromatic N) is 1. The fourth-order valence-corrected chi connectivity index (χ4v) is 4.64. The lowest BCUT2D eigenvalue weighted by Gasteiger charge is -2.35. The van der Waals surface area contributed by atoms with E-state index < -0.39 is 0 Å². The van der Waals surface area contributed by atoms with Crippen LogP contribution in [0.2, 0.25) is 0 Å². The quantitative estimate of drug-likeness (QED) is 0.417. The zero-order chi connectivity index (χ0) is 22.7. The van der Waals surface area contributed by atoms with Gasteiger partial charge in [0.05, 0.1) is 19.6 Å². The van der Waals surface area contributed by atoms with Crippen molar-refractivity contribution in [1.82, 2.24) is 10.3 Å². The Bertz CT molecular complexity index is 1130. The van der Waals surface area contributed by atoms with Crippen molar-refractivity contribution in [2.75, 3.05) is 27.3 Å². The summed E-state index contributed by atoms with van der Waals surface area (Å²) in [6.07, 6.45) is 1.86. The molecule has 1 aliphatic heterocycles. The smallest absolute Gasteiger partial charge is 0.206 e. The number of nitrogens with one attached hydrogen (secondary N) is 1. The Morgan fingerprint density at radius 2 is 1.33 bits per heavy atom. The lowest BCUT2D eigenvalue weighted by molar-refractivity contribution is 0.294. The van der Waals surface area contributed by atoms with Gasteiger partial charge in [-0.2, -0.15) is 0 Å². The fourth-order valence-electron chi connectivity index (χ4n) is 4.64. The summed E-state index contributed by atoms with van der Waals surface area (Å²) < 4.78 is 17.4. The van der Waals surface area contributed by atoms with Crippen LogP contribution in [0.25, 0.3) is 22.6 Å². The zero-order valence-electron chi connectivity index (χ0n) is 19.0. The van der Waals surface area contributed by atoms with E-state index in [2.05, 4.69) is 35.6 Å². The summed E-state index contributed by atoms with van der Waals surface area (Å²) in [5.74, 6) is 3.16. The maximum absolute atomic E-state index is 6.67. The average Bonchev–Trinajstić information content (AvgIpc) is 3.36. The van der Waals surface area contributed by atoms with Crippen LogP contribution in [0.1, 0.15) is 24.3 Å². The third-order valence-corrected chi connectivity index (χ3v) is 6.54. The van der Waals surface area contributed by atoms with Crippen molar-refractivity contribution in [3.05, 3.63) is 90.3 Å². The van der Waals surface area contributed by atoms with Crippen molar-refractivity contribution in [3.63, 3.8) is 0 Å². The van der Waals surface area contributed by atoms with Crippen LogP contribution in [0.4, 0.5) is 0 Å². The molecule has 3 aromatic carbocycles. The highest BCUT2D eigenvalue weighted by Gasteiger charge is 2.41. The van der Waals surface area contributed by atoms with Gasteiger partial charge in [0, 0.05) is 11.1 Å². The first-order chi connectivity index (χ1) is 16.2. The SMILES string of the molecule is COc1ccc(-c2nc(C3(c4ccccc4)CCNCC3)oc2-c2ccc(OC)cc2)cc1. The van der Waals surface area contributed by atoms with Gasteiger partial charge in [-0.05, 0) is 80.0 Å². The first kappa shape index (κ1) is 21.3. The largest absolute Gasteiger partial charge is 0.497 e. The van der Waals surface area contributed by atoms with Crippen LogP contribution in [0.5, 0.6) is 11.5 Å². The minimum Gasteiger partial charge on any atom is -0.497 e. The molecule has 5 nitrogen and oxygen atoms in total. The molecule has 0 amide bonds. The van der Waals surface area contributed by atoms with Gasteiger partial charge in [-0.25, -0.2) is 4.98 Å². The minimum atomic E-state index is -0.265. The van der Waals surface area contributed by atoms with Crippen LogP contribution < -0.4 is 14.8 Å². The van der Waals surface area contributed by atoms with Gasteiger partial charge >= 0.3 is 0 Å². The molecule has 0 bridgehead atoms. The summed E-state index contributed by atoms with van der Waals surface area (Å²) in [6.45, 7) is 1.85. The number of aromatic nitrogens is 1. The Labute approximate surface area is 194 Å². The van der Waals surface area contributed by atoms with E-state index in [-0.39, 0.29) is 5.41 Å². The second kappa shape index (κ2) is 9.12. The Balaban J connectivity index is 1.68. The summed E-state index contributed by atoms with van der Waals surface area (Å²) in [6, 6.07) is 26.5. The summed E-state index contributed by atoms with van der Waals surface area (Å²) in [4.78, 5) is 5.16. The van der Waals surface area contributed by atoms with Crippen LogP contribution in [-0.4, -0.2) is 32.3 Å². The van der Waals surface area contributed by atoms with E-state index in [0.717, 1.165) is 65.9 Å². The van der Waals surface area contributed by atoms with Crippen LogP contribution in [0, 0.1) is 0 Å². The van der Waals surface area contributed by atoms with Crippen molar-refractivity contribution >= 4 is 0 Å². The normalized spacial score (nSPS) is 15.2. The molecule has 1 aliphatic rings. The van der Waals surface area contributed by atoms with Crippen LogP contribution in [0.3, 0.4) is 0 Å². The van der Waals surface area contributed by atoms with E-state index in [4.69, 9.17) is 18.9 Å². The lowest BCUT2D eigenvalue weighted by atomic mass is 9.73.